The highest BCUT2D eigenvalue weighted by Crippen LogP contribution is 2.21. The molecule has 0 saturated carbocycles. The Balaban J connectivity index is 2.79. The van der Waals surface area contributed by atoms with E-state index in [1.165, 1.54) is 12.5 Å². The number of pyridine rings is 1. The van der Waals surface area contributed by atoms with Gasteiger partial charge in [0.2, 0.25) is 5.71 Å². The van der Waals surface area contributed by atoms with Crippen LogP contribution in [0.5, 0.6) is 0 Å². The molecule has 0 unspecified atom stereocenters. The number of aromatic amines is 1. The predicted octanol–water partition coefficient (Wildman–Crippen LogP) is 1.87. The van der Waals surface area contributed by atoms with Gasteiger partial charge in [-0.3, -0.25) is 9.78 Å². The lowest BCUT2D eigenvalue weighted by atomic mass is 10.2. The molecule has 0 aliphatic heterocycles. The Morgan fingerprint density at radius 1 is 1.08 bits per heavy atom. The number of nitrogens with one attached hydrogen (secondary N) is 1. The molecule has 0 saturated heterocycles. The van der Waals surface area contributed by atoms with Crippen LogP contribution in [0.15, 0.2) is 38.3 Å². The number of hydrogen-bond acceptors (Lipinski definition) is 3. The minimum absolute atomic E-state index is 0.189. The van der Waals surface area contributed by atoms with Crippen LogP contribution in [0.1, 0.15) is 0 Å². The molecule has 0 fully saturated rings. The third kappa shape index (κ3) is 0.717. The fourth-order valence-electron chi connectivity index (χ4n) is 1.45. The summed E-state index contributed by atoms with van der Waals surface area (Å²) >= 11 is 0. The monoisotopic (exact) mass is 175 g/mol. The summed E-state index contributed by atoms with van der Waals surface area (Å²) in [7, 11) is 0. The minimum atomic E-state index is -0.189. The van der Waals surface area contributed by atoms with Crippen molar-refractivity contribution in [1.29, 1.82) is 0 Å². The lowest BCUT2D eigenvalue weighted by Gasteiger charge is -1.88. The Morgan fingerprint density at radius 2 is 1.85 bits per heavy atom. The van der Waals surface area contributed by atoms with E-state index in [1.54, 1.807) is 12.1 Å². The molecule has 0 amide bonds. The summed E-state index contributed by atoms with van der Waals surface area (Å²) in [5, 5.41) is 1.34. The van der Waals surface area contributed by atoms with Gasteiger partial charge in [-0.25, -0.2) is 0 Å². The van der Waals surface area contributed by atoms with Crippen molar-refractivity contribution in [3.05, 3.63) is 35.0 Å². The smallest absolute Gasteiger partial charge is 0.261 e. The summed E-state index contributed by atoms with van der Waals surface area (Å²) in [6.07, 6.45) is 3.01. The van der Waals surface area contributed by atoms with E-state index in [0.29, 0.717) is 16.7 Å². The summed E-state index contributed by atoms with van der Waals surface area (Å²) in [5.41, 5.74) is 0.839. The van der Waals surface area contributed by atoms with Gasteiger partial charge in [-0.15, -0.1) is 0 Å². The van der Waals surface area contributed by atoms with Crippen molar-refractivity contribution >= 4 is 22.1 Å². The third-order valence-corrected chi connectivity index (χ3v) is 2.05. The summed E-state index contributed by atoms with van der Waals surface area (Å²) in [4.78, 5) is 14.0. The molecule has 3 rings (SSSR count). The van der Waals surface area contributed by atoms with Crippen LogP contribution in [0.25, 0.3) is 22.1 Å². The van der Waals surface area contributed by atoms with Crippen LogP contribution in [0.2, 0.25) is 0 Å². The standard InChI is InChI=1S/C9H5NO3/c11-8-5-1-3-12-7(5)6-2-4-13-9(6)10-8/h1-4H,(H,10,11). The maximum atomic E-state index is 11.4. The summed E-state index contributed by atoms with van der Waals surface area (Å²) in [6, 6.07) is 3.40. The Kier molecular flexibility index (Phi) is 1.02. The first-order chi connectivity index (χ1) is 6.36. The van der Waals surface area contributed by atoms with Crippen LogP contribution in [-0.4, -0.2) is 4.98 Å². The lowest BCUT2D eigenvalue weighted by Crippen LogP contribution is -2.03. The number of H-pyrrole nitrogens is 1. The molecule has 13 heavy (non-hydrogen) atoms. The third-order valence-electron chi connectivity index (χ3n) is 2.05. The molecule has 0 atom stereocenters. The van der Waals surface area contributed by atoms with E-state index in [9.17, 15) is 4.79 Å². The number of aromatic nitrogens is 1. The normalized spacial score (nSPS) is 11.4. The van der Waals surface area contributed by atoms with E-state index < -0.39 is 0 Å². The molecule has 64 valence electrons. The zero-order valence-electron chi connectivity index (χ0n) is 6.53. The van der Waals surface area contributed by atoms with Gasteiger partial charge in [0.05, 0.1) is 23.3 Å². The van der Waals surface area contributed by atoms with Crippen LogP contribution >= 0.6 is 0 Å². The van der Waals surface area contributed by atoms with Gasteiger partial charge in [0, 0.05) is 0 Å². The summed E-state index contributed by atoms with van der Waals surface area (Å²) < 4.78 is 10.3. The van der Waals surface area contributed by atoms with Gasteiger partial charge in [0.25, 0.3) is 5.56 Å². The van der Waals surface area contributed by atoms with Crippen LogP contribution in [0, 0.1) is 0 Å². The van der Waals surface area contributed by atoms with Gasteiger partial charge in [0.15, 0.2) is 5.58 Å². The highest BCUT2D eigenvalue weighted by molar-refractivity contribution is 5.99. The van der Waals surface area contributed by atoms with Gasteiger partial charge in [-0.2, -0.15) is 0 Å². The Hall–Kier alpha value is -1.97. The molecule has 4 heteroatoms. The molecule has 0 spiro atoms. The lowest BCUT2D eigenvalue weighted by molar-refractivity contribution is 0.599. The first-order valence-electron chi connectivity index (χ1n) is 3.83. The van der Waals surface area contributed by atoms with E-state index in [-0.39, 0.29) is 5.56 Å². The molecule has 0 radical (unpaired) electrons. The predicted molar refractivity (Wildman–Crippen MR) is 46.6 cm³/mol. The second kappa shape index (κ2) is 2.04. The number of rotatable bonds is 0. The first kappa shape index (κ1) is 6.54. The van der Waals surface area contributed by atoms with Crippen molar-refractivity contribution in [2.24, 2.45) is 0 Å². The zero-order valence-corrected chi connectivity index (χ0v) is 6.53. The highest BCUT2D eigenvalue weighted by atomic mass is 16.3. The van der Waals surface area contributed by atoms with Gasteiger partial charge < -0.3 is 8.83 Å². The second-order valence-electron chi connectivity index (χ2n) is 2.78. The van der Waals surface area contributed by atoms with Crippen LogP contribution in [0.4, 0.5) is 0 Å². The minimum Gasteiger partial charge on any atom is -0.463 e. The number of furan rings is 2. The van der Waals surface area contributed by atoms with Crippen LogP contribution in [-0.2, 0) is 0 Å². The molecular formula is C9H5NO3. The van der Waals surface area contributed by atoms with E-state index in [0.717, 1.165) is 5.39 Å². The topological polar surface area (TPSA) is 59.1 Å². The molecule has 1 N–H and O–H groups in total. The van der Waals surface area contributed by atoms with Crippen molar-refractivity contribution in [3.63, 3.8) is 0 Å². The van der Waals surface area contributed by atoms with Gasteiger partial charge >= 0.3 is 0 Å². The maximum absolute atomic E-state index is 11.4. The summed E-state index contributed by atoms with van der Waals surface area (Å²) in [6.45, 7) is 0. The van der Waals surface area contributed by atoms with Crippen molar-refractivity contribution in [3.8, 4) is 0 Å². The van der Waals surface area contributed by atoms with Gasteiger partial charge in [0.1, 0.15) is 0 Å². The molecule has 4 nitrogen and oxygen atoms in total. The SMILES string of the molecule is O=c1[nH]c2occc2c2occc12. The van der Waals surface area contributed by atoms with Crippen molar-refractivity contribution in [2.75, 3.05) is 0 Å². The van der Waals surface area contributed by atoms with Gasteiger partial charge in [-0.05, 0) is 12.1 Å². The van der Waals surface area contributed by atoms with Crippen molar-refractivity contribution < 1.29 is 8.83 Å². The van der Waals surface area contributed by atoms with Gasteiger partial charge in [-0.1, -0.05) is 0 Å². The quantitative estimate of drug-likeness (QED) is 0.567. The van der Waals surface area contributed by atoms with Crippen molar-refractivity contribution in [1.82, 2.24) is 4.98 Å². The molecule has 0 bridgehead atoms. The molecule has 0 aliphatic rings. The Labute approximate surface area is 71.8 Å². The number of fused-ring (bicyclic) bond motifs is 3. The summed E-state index contributed by atoms with van der Waals surface area (Å²) in [5.74, 6) is 0. The number of hydrogen-bond donors (Lipinski definition) is 1. The van der Waals surface area contributed by atoms with Crippen LogP contribution in [0.3, 0.4) is 0 Å². The average molecular weight is 175 g/mol. The Morgan fingerprint density at radius 3 is 2.77 bits per heavy atom. The largest absolute Gasteiger partial charge is 0.463 e. The van der Waals surface area contributed by atoms with E-state index in [4.69, 9.17) is 8.83 Å². The molecule has 3 heterocycles. The molecule has 0 aliphatic carbocycles. The fourth-order valence-corrected chi connectivity index (χ4v) is 1.45. The molecule has 0 aromatic carbocycles. The maximum Gasteiger partial charge on any atom is 0.261 e. The first-order valence-corrected chi connectivity index (χ1v) is 3.83. The highest BCUT2D eigenvalue weighted by Gasteiger charge is 2.08. The molecule has 3 aromatic heterocycles. The van der Waals surface area contributed by atoms with E-state index >= 15 is 0 Å². The fraction of sp³-hybridized carbons (Fsp3) is 0. The average Bonchev–Trinajstić information content (AvgIpc) is 2.66. The van der Waals surface area contributed by atoms with Crippen LogP contribution < -0.4 is 5.56 Å². The molecule has 3 aromatic rings. The Bertz CT molecular complexity index is 629. The zero-order chi connectivity index (χ0) is 8.84. The van der Waals surface area contributed by atoms with Crippen molar-refractivity contribution in [2.45, 2.75) is 0 Å². The molecular weight excluding hydrogens is 170 g/mol. The van der Waals surface area contributed by atoms with E-state index in [1.807, 2.05) is 0 Å². The van der Waals surface area contributed by atoms with E-state index in [2.05, 4.69) is 4.98 Å². The second-order valence-corrected chi connectivity index (χ2v) is 2.78.